The SMILES string of the molecule is CC1=CC(/C=C(/C#N)C(=O)Nc2ccc(Br)cc2)=C(C)[C@@H]1c1ccc(OCc2ccccc2)cc1. The van der Waals surface area contributed by atoms with Crippen LogP contribution in [0.1, 0.15) is 30.9 Å². The van der Waals surface area contributed by atoms with Gasteiger partial charge in [0.2, 0.25) is 0 Å². The van der Waals surface area contributed by atoms with Gasteiger partial charge in [-0.05, 0) is 73.0 Å². The zero-order chi connectivity index (χ0) is 24.8. The van der Waals surface area contributed by atoms with E-state index in [1.54, 1.807) is 18.2 Å². The molecule has 1 aliphatic carbocycles. The summed E-state index contributed by atoms with van der Waals surface area (Å²) in [5.41, 5.74) is 6.12. The lowest BCUT2D eigenvalue weighted by Crippen LogP contribution is -2.13. The first-order valence-corrected chi connectivity index (χ1v) is 12.1. The van der Waals surface area contributed by atoms with Gasteiger partial charge in [-0.15, -0.1) is 0 Å². The van der Waals surface area contributed by atoms with Gasteiger partial charge in [-0.3, -0.25) is 4.79 Å². The van der Waals surface area contributed by atoms with E-state index in [1.807, 2.05) is 73.7 Å². The molecular formula is C30H25BrN2O2. The average molecular weight is 525 g/mol. The highest BCUT2D eigenvalue weighted by Crippen LogP contribution is 2.40. The van der Waals surface area contributed by atoms with Crippen LogP contribution in [0.25, 0.3) is 0 Å². The summed E-state index contributed by atoms with van der Waals surface area (Å²) in [4.78, 5) is 12.7. The number of carbonyl (C=O) groups excluding carboxylic acids is 1. The highest BCUT2D eigenvalue weighted by molar-refractivity contribution is 9.10. The van der Waals surface area contributed by atoms with Crippen molar-refractivity contribution >= 4 is 27.5 Å². The first-order chi connectivity index (χ1) is 16.9. The number of ether oxygens (including phenoxy) is 1. The zero-order valence-electron chi connectivity index (χ0n) is 19.6. The van der Waals surface area contributed by atoms with Crippen molar-refractivity contribution in [3.63, 3.8) is 0 Å². The minimum Gasteiger partial charge on any atom is -0.489 e. The number of hydrogen-bond acceptors (Lipinski definition) is 3. The van der Waals surface area contributed by atoms with Gasteiger partial charge < -0.3 is 10.1 Å². The summed E-state index contributed by atoms with van der Waals surface area (Å²) < 4.78 is 6.83. The lowest BCUT2D eigenvalue weighted by Gasteiger charge is -2.16. The van der Waals surface area contributed by atoms with Crippen molar-refractivity contribution in [3.05, 3.63) is 129 Å². The van der Waals surface area contributed by atoms with E-state index in [0.717, 1.165) is 38.1 Å². The molecule has 0 saturated heterocycles. The maximum Gasteiger partial charge on any atom is 0.266 e. The van der Waals surface area contributed by atoms with Crippen molar-refractivity contribution in [2.75, 3.05) is 5.32 Å². The first kappa shape index (κ1) is 24.3. The summed E-state index contributed by atoms with van der Waals surface area (Å²) in [5.74, 6) is 0.485. The fraction of sp³-hybridized carbons (Fsp3) is 0.133. The van der Waals surface area contributed by atoms with Gasteiger partial charge >= 0.3 is 0 Å². The second kappa shape index (κ2) is 11.0. The number of rotatable bonds is 7. The normalized spacial score (nSPS) is 15.4. The Kier molecular flexibility index (Phi) is 7.64. The van der Waals surface area contributed by atoms with Crippen LogP contribution in [0.3, 0.4) is 0 Å². The molecule has 0 spiro atoms. The summed E-state index contributed by atoms with van der Waals surface area (Å²) in [6.45, 7) is 4.64. The molecule has 3 aromatic carbocycles. The van der Waals surface area contributed by atoms with Crippen molar-refractivity contribution in [2.24, 2.45) is 0 Å². The van der Waals surface area contributed by atoms with Crippen molar-refractivity contribution < 1.29 is 9.53 Å². The molecule has 5 heteroatoms. The number of benzene rings is 3. The van der Waals surface area contributed by atoms with E-state index in [-0.39, 0.29) is 11.5 Å². The Balaban J connectivity index is 1.48. The molecule has 1 amide bonds. The molecule has 0 radical (unpaired) electrons. The Hall–Kier alpha value is -3.88. The molecule has 1 N–H and O–H groups in total. The largest absolute Gasteiger partial charge is 0.489 e. The predicted molar refractivity (Wildman–Crippen MR) is 143 cm³/mol. The molecule has 4 rings (SSSR count). The van der Waals surface area contributed by atoms with E-state index in [1.165, 1.54) is 0 Å². The third kappa shape index (κ3) is 5.98. The summed E-state index contributed by atoms with van der Waals surface area (Å²) in [6.07, 6.45) is 3.72. The van der Waals surface area contributed by atoms with E-state index >= 15 is 0 Å². The minimum atomic E-state index is -0.426. The van der Waals surface area contributed by atoms with Crippen LogP contribution >= 0.6 is 15.9 Å². The van der Waals surface area contributed by atoms with Crippen molar-refractivity contribution in [1.29, 1.82) is 5.26 Å². The molecule has 0 aromatic heterocycles. The zero-order valence-corrected chi connectivity index (χ0v) is 21.2. The topological polar surface area (TPSA) is 62.1 Å². The number of amides is 1. The lowest BCUT2D eigenvalue weighted by molar-refractivity contribution is -0.112. The molecule has 174 valence electrons. The molecule has 0 heterocycles. The fourth-order valence-corrected chi connectivity index (χ4v) is 4.42. The molecule has 3 aromatic rings. The maximum absolute atomic E-state index is 12.7. The van der Waals surface area contributed by atoms with Gasteiger partial charge in [0, 0.05) is 16.1 Å². The standard InChI is InChI=1S/C30H25BrN2O2/c1-20-16-24(17-25(18-32)30(34)33-27-12-10-26(31)11-13-27)21(2)29(20)23-8-14-28(15-9-23)35-19-22-6-4-3-5-7-22/h3-17,29H,19H2,1-2H3,(H,33,34)/b25-17-/t29-/m1/s1. The number of carbonyl (C=O) groups is 1. The van der Waals surface area contributed by atoms with Gasteiger partial charge in [0.05, 0.1) is 0 Å². The summed E-state index contributed by atoms with van der Waals surface area (Å²) >= 11 is 3.37. The number of nitrogens with one attached hydrogen (secondary N) is 1. The molecule has 0 fully saturated rings. The Morgan fingerprint density at radius 3 is 2.37 bits per heavy atom. The van der Waals surface area contributed by atoms with E-state index in [4.69, 9.17) is 4.74 Å². The van der Waals surface area contributed by atoms with Crippen LogP contribution in [0, 0.1) is 11.3 Å². The molecule has 1 atom stereocenters. The molecule has 0 saturated carbocycles. The quantitative estimate of drug-likeness (QED) is 0.257. The van der Waals surface area contributed by atoms with Gasteiger partial charge in [-0.1, -0.05) is 75.6 Å². The summed E-state index contributed by atoms with van der Waals surface area (Å²) in [6, 6.07) is 27.5. The van der Waals surface area contributed by atoms with E-state index in [0.29, 0.717) is 12.3 Å². The van der Waals surface area contributed by atoms with E-state index < -0.39 is 5.91 Å². The predicted octanol–water partition coefficient (Wildman–Crippen LogP) is 7.48. The molecule has 1 aliphatic rings. The van der Waals surface area contributed by atoms with Gasteiger partial charge in [0.25, 0.3) is 5.91 Å². The average Bonchev–Trinajstić information content (AvgIpc) is 3.16. The smallest absolute Gasteiger partial charge is 0.266 e. The Morgan fingerprint density at radius 2 is 1.71 bits per heavy atom. The molecule has 4 nitrogen and oxygen atoms in total. The number of halogens is 1. The van der Waals surface area contributed by atoms with Crippen LogP contribution in [-0.2, 0) is 11.4 Å². The molecule has 0 bridgehead atoms. The number of hydrogen-bond donors (Lipinski definition) is 1. The monoisotopic (exact) mass is 524 g/mol. The number of allylic oxidation sites excluding steroid dienone is 5. The number of anilines is 1. The van der Waals surface area contributed by atoms with Gasteiger partial charge in [0.15, 0.2) is 0 Å². The highest BCUT2D eigenvalue weighted by Gasteiger charge is 2.24. The third-order valence-corrected chi connectivity index (χ3v) is 6.48. The summed E-state index contributed by atoms with van der Waals surface area (Å²) in [5, 5.41) is 12.4. The highest BCUT2D eigenvalue weighted by atomic mass is 79.9. The van der Waals surface area contributed by atoms with Crippen molar-refractivity contribution in [3.8, 4) is 11.8 Å². The number of nitriles is 1. The van der Waals surface area contributed by atoms with Crippen LogP contribution in [0.15, 0.2) is 118 Å². The first-order valence-electron chi connectivity index (χ1n) is 11.3. The van der Waals surface area contributed by atoms with Gasteiger partial charge in [-0.25, -0.2) is 0 Å². The van der Waals surface area contributed by atoms with E-state index in [2.05, 4.69) is 40.3 Å². The Labute approximate surface area is 214 Å². The maximum atomic E-state index is 12.7. The molecule has 0 unspecified atom stereocenters. The Morgan fingerprint density at radius 1 is 1.03 bits per heavy atom. The second-order valence-corrected chi connectivity index (χ2v) is 9.35. The fourth-order valence-electron chi connectivity index (χ4n) is 4.15. The Bertz CT molecular complexity index is 1350. The third-order valence-electron chi connectivity index (χ3n) is 5.96. The van der Waals surface area contributed by atoms with Crippen LogP contribution in [0.5, 0.6) is 5.75 Å². The summed E-state index contributed by atoms with van der Waals surface area (Å²) in [7, 11) is 0. The molecule has 0 aliphatic heterocycles. The van der Waals surface area contributed by atoms with Gasteiger partial charge in [0.1, 0.15) is 24.0 Å². The van der Waals surface area contributed by atoms with Crippen LogP contribution in [-0.4, -0.2) is 5.91 Å². The van der Waals surface area contributed by atoms with E-state index in [9.17, 15) is 10.1 Å². The minimum absolute atomic E-state index is 0.0663. The number of nitrogens with zero attached hydrogens (tertiary/aromatic N) is 1. The van der Waals surface area contributed by atoms with Crippen LogP contribution in [0.4, 0.5) is 5.69 Å². The van der Waals surface area contributed by atoms with Crippen LogP contribution < -0.4 is 10.1 Å². The van der Waals surface area contributed by atoms with Crippen LogP contribution in [0.2, 0.25) is 0 Å². The second-order valence-electron chi connectivity index (χ2n) is 8.43. The van der Waals surface area contributed by atoms with Gasteiger partial charge in [-0.2, -0.15) is 5.26 Å². The van der Waals surface area contributed by atoms with Crippen molar-refractivity contribution in [2.45, 2.75) is 26.4 Å². The van der Waals surface area contributed by atoms with Crippen molar-refractivity contribution in [1.82, 2.24) is 0 Å². The lowest BCUT2D eigenvalue weighted by atomic mass is 9.89. The molecular weight excluding hydrogens is 500 g/mol. The molecule has 35 heavy (non-hydrogen) atoms.